The average Bonchev–Trinajstić information content (AvgIpc) is 3.24. The van der Waals surface area contributed by atoms with Crippen LogP contribution in [-0.2, 0) is 4.74 Å². The molecular weight excluding hydrogens is 252 g/mol. The second kappa shape index (κ2) is 5.62. The minimum atomic E-state index is 0.464. The van der Waals surface area contributed by atoms with Crippen LogP contribution in [-0.4, -0.2) is 57.4 Å². The van der Waals surface area contributed by atoms with E-state index in [1.807, 2.05) is 0 Å². The maximum absolute atomic E-state index is 5.61. The van der Waals surface area contributed by atoms with Crippen LogP contribution in [0.15, 0.2) is 24.3 Å². The van der Waals surface area contributed by atoms with Crippen molar-refractivity contribution in [3.63, 3.8) is 0 Å². The minimum Gasteiger partial charge on any atom is -0.491 e. The number of likely N-dealkylation sites (N-methyl/N-ethyl adjacent to an activating group) is 1. The highest BCUT2D eigenvalue weighted by Crippen LogP contribution is 2.44. The Balaban J connectivity index is 1.60. The zero-order valence-electron chi connectivity index (χ0n) is 12.5. The second-order valence-corrected chi connectivity index (χ2v) is 5.90. The van der Waals surface area contributed by atoms with Gasteiger partial charge in [0.15, 0.2) is 0 Å². The van der Waals surface area contributed by atoms with E-state index in [1.165, 1.54) is 18.5 Å². The van der Waals surface area contributed by atoms with Gasteiger partial charge in [0.05, 0.1) is 6.61 Å². The first-order valence-corrected chi connectivity index (χ1v) is 7.41. The summed E-state index contributed by atoms with van der Waals surface area (Å²) in [6.07, 6.45) is 2.69. The summed E-state index contributed by atoms with van der Waals surface area (Å²) in [6, 6.07) is 8.46. The smallest absolute Gasteiger partial charge is 0.119 e. The van der Waals surface area contributed by atoms with Crippen molar-refractivity contribution in [3.8, 4) is 5.75 Å². The van der Waals surface area contributed by atoms with Gasteiger partial charge in [-0.05, 0) is 44.2 Å². The van der Waals surface area contributed by atoms with Crippen LogP contribution in [0.1, 0.15) is 12.8 Å². The number of benzene rings is 1. The van der Waals surface area contributed by atoms with Crippen molar-refractivity contribution in [2.75, 3.05) is 51.9 Å². The molecule has 3 rings (SSSR count). The highest BCUT2D eigenvalue weighted by Gasteiger charge is 2.49. The molecule has 1 aromatic carbocycles. The number of ether oxygens (including phenoxy) is 2. The van der Waals surface area contributed by atoms with Crippen molar-refractivity contribution in [1.82, 2.24) is 4.90 Å². The summed E-state index contributed by atoms with van der Waals surface area (Å²) in [5.74, 6) is 0.918. The largest absolute Gasteiger partial charge is 0.491 e. The zero-order valence-corrected chi connectivity index (χ0v) is 12.5. The van der Waals surface area contributed by atoms with Crippen molar-refractivity contribution in [2.45, 2.75) is 18.4 Å². The Morgan fingerprint density at radius 3 is 2.50 bits per heavy atom. The van der Waals surface area contributed by atoms with Gasteiger partial charge in [-0.3, -0.25) is 4.90 Å². The van der Waals surface area contributed by atoms with E-state index in [-0.39, 0.29) is 0 Å². The molecule has 0 radical (unpaired) electrons. The molecule has 0 amide bonds. The molecule has 1 aliphatic carbocycles. The van der Waals surface area contributed by atoms with E-state index in [0.29, 0.717) is 18.8 Å². The van der Waals surface area contributed by atoms with Gasteiger partial charge in [-0.25, -0.2) is 0 Å². The Morgan fingerprint density at radius 2 is 1.85 bits per heavy atom. The number of methoxy groups -OCH3 is 1. The van der Waals surface area contributed by atoms with E-state index in [1.54, 1.807) is 7.11 Å². The SMILES string of the molecule is COCCOc1ccc(N2CCN(C)C3(CC3)C2)cc1. The van der Waals surface area contributed by atoms with E-state index in [0.717, 1.165) is 25.4 Å². The molecule has 4 nitrogen and oxygen atoms in total. The van der Waals surface area contributed by atoms with Gasteiger partial charge in [-0.15, -0.1) is 0 Å². The predicted octanol–water partition coefficient (Wildman–Crippen LogP) is 2.00. The lowest BCUT2D eigenvalue weighted by Crippen LogP contribution is -2.53. The minimum absolute atomic E-state index is 0.464. The Kier molecular flexibility index (Phi) is 3.85. The van der Waals surface area contributed by atoms with Gasteiger partial charge in [0, 0.05) is 38.0 Å². The molecule has 110 valence electrons. The molecule has 1 saturated heterocycles. The molecule has 0 aromatic heterocycles. The number of piperazine rings is 1. The van der Waals surface area contributed by atoms with Crippen LogP contribution >= 0.6 is 0 Å². The van der Waals surface area contributed by atoms with Gasteiger partial charge in [-0.1, -0.05) is 0 Å². The average molecular weight is 276 g/mol. The molecular formula is C16H24N2O2. The van der Waals surface area contributed by atoms with Crippen LogP contribution in [0.5, 0.6) is 5.75 Å². The van der Waals surface area contributed by atoms with E-state index < -0.39 is 0 Å². The van der Waals surface area contributed by atoms with E-state index in [4.69, 9.17) is 9.47 Å². The summed E-state index contributed by atoms with van der Waals surface area (Å²) in [4.78, 5) is 5.04. The quantitative estimate of drug-likeness (QED) is 0.768. The Hall–Kier alpha value is -1.26. The maximum atomic E-state index is 5.61. The summed E-state index contributed by atoms with van der Waals surface area (Å²) in [5, 5.41) is 0. The van der Waals surface area contributed by atoms with E-state index in [2.05, 4.69) is 41.1 Å². The molecule has 2 fully saturated rings. The van der Waals surface area contributed by atoms with Gasteiger partial charge in [0.25, 0.3) is 0 Å². The fourth-order valence-electron chi connectivity index (χ4n) is 2.96. The zero-order chi connectivity index (χ0) is 14.0. The number of hydrogen-bond donors (Lipinski definition) is 0. The van der Waals surface area contributed by atoms with Crippen LogP contribution in [0.3, 0.4) is 0 Å². The standard InChI is InChI=1S/C16H24N2O2/c1-17-9-10-18(13-16(17)7-8-16)14-3-5-15(6-4-14)20-12-11-19-2/h3-6H,7-13H2,1-2H3. The van der Waals surface area contributed by atoms with Crippen molar-refractivity contribution in [1.29, 1.82) is 0 Å². The molecule has 1 spiro atoms. The molecule has 0 N–H and O–H groups in total. The van der Waals surface area contributed by atoms with Crippen molar-refractivity contribution < 1.29 is 9.47 Å². The van der Waals surface area contributed by atoms with Crippen LogP contribution in [0, 0.1) is 0 Å². The first-order chi connectivity index (χ1) is 9.73. The van der Waals surface area contributed by atoms with Gasteiger partial charge in [0.1, 0.15) is 12.4 Å². The molecule has 0 unspecified atom stereocenters. The Bertz CT molecular complexity index is 442. The molecule has 1 heterocycles. The summed E-state index contributed by atoms with van der Waals surface area (Å²) in [7, 11) is 3.95. The first kappa shape index (κ1) is 13.7. The van der Waals surface area contributed by atoms with Gasteiger partial charge in [0.2, 0.25) is 0 Å². The third-order valence-electron chi connectivity index (χ3n) is 4.59. The lowest BCUT2D eigenvalue weighted by molar-refractivity contribution is 0.146. The third-order valence-corrected chi connectivity index (χ3v) is 4.59. The lowest BCUT2D eigenvalue weighted by atomic mass is 10.1. The van der Waals surface area contributed by atoms with E-state index in [9.17, 15) is 0 Å². The molecule has 1 aromatic rings. The lowest BCUT2D eigenvalue weighted by Gasteiger charge is -2.41. The molecule has 0 atom stereocenters. The molecule has 0 bridgehead atoms. The molecule has 20 heavy (non-hydrogen) atoms. The Morgan fingerprint density at radius 1 is 1.10 bits per heavy atom. The highest BCUT2D eigenvalue weighted by atomic mass is 16.5. The van der Waals surface area contributed by atoms with Crippen molar-refractivity contribution in [3.05, 3.63) is 24.3 Å². The van der Waals surface area contributed by atoms with Crippen LogP contribution in [0.2, 0.25) is 0 Å². The Labute approximate surface area is 121 Å². The number of hydrogen-bond acceptors (Lipinski definition) is 4. The van der Waals surface area contributed by atoms with Crippen LogP contribution in [0.4, 0.5) is 5.69 Å². The van der Waals surface area contributed by atoms with Gasteiger partial charge < -0.3 is 14.4 Å². The van der Waals surface area contributed by atoms with Crippen LogP contribution in [0.25, 0.3) is 0 Å². The summed E-state index contributed by atoms with van der Waals surface area (Å²) < 4.78 is 10.6. The summed E-state index contributed by atoms with van der Waals surface area (Å²) in [5.41, 5.74) is 1.77. The topological polar surface area (TPSA) is 24.9 Å². The maximum Gasteiger partial charge on any atom is 0.119 e. The molecule has 4 heteroatoms. The summed E-state index contributed by atoms with van der Waals surface area (Å²) in [6.45, 7) is 4.66. The number of nitrogens with zero attached hydrogens (tertiary/aromatic N) is 2. The first-order valence-electron chi connectivity index (χ1n) is 7.41. The number of anilines is 1. The fourth-order valence-corrected chi connectivity index (χ4v) is 2.96. The van der Waals surface area contributed by atoms with Gasteiger partial charge >= 0.3 is 0 Å². The van der Waals surface area contributed by atoms with E-state index >= 15 is 0 Å². The number of rotatable bonds is 5. The predicted molar refractivity (Wildman–Crippen MR) is 80.6 cm³/mol. The monoisotopic (exact) mass is 276 g/mol. The normalized spacial score (nSPS) is 21.2. The van der Waals surface area contributed by atoms with Gasteiger partial charge in [-0.2, -0.15) is 0 Å². The van der Waals surface area contributed by atoms with Crippen LogP contribution < -0.4 is 9.64 Å². The fraction of sp³-hybridized carbons (Fsp3) is 0.625. The highest BCUT2D eigenvalue weighted by molar-refractivity contribution is 5.50. The third kappa shape index (κ3) is 2.76. The second-order valence-electron chi connectivity index (χ2n) is 5.90. The summed E-state index contributed by atoms with van der Waals surface area (Å²) >= 11 is 0. The van der Waals surface area contributed by atoms with Crippen molar-refractivity contribution >= 4 is 5.69 Å². The molecule has 1 aliphatic heterocycles. The molecule has 1 saturated carbocycles. The van der Waals surface area contributed by atoms with Crippen molar-refractivity contribution in [2.24, 2.45) is 0 Å². The molecule has 2 aliphatic rings.